The number of hydrogen-bond acceptors (Lipinski definition) is 6. The molecule has 40 heavy (non-hydrogen) atoms. The van der Waals surface area contributed by atoms with Crippen molar-refractivity contribution in [2.45, 2.75) is 109 Å². The number of alkyl halides is 2. The van der Waals surface area contributed by atoms with E-state index in [4.69, 9.17) is 9.47 Å². The minimum atomic E-state index is -2.34. The fourth-order valence-corrected chi connectivity index (χ4v) is 9.41. The van der Waals surface area contributed by atoms with Crippen molar-refractivity contribution in [1.82, 2.24) is 0 Å². The molecule has 0 spiro atoms. The minimum absolute atomic E-state index is 0.00367. The molecule has 9 heteroatoms. The summed E-state index contributed by atoms with van der Waals surface area (Å²) in [6.45, 7) is 9.09. The smallest absolute Gasteiger partial charge is 0.478 e. The number of aliphatic carboxylic acids is 1. The number of carboxylic acids is 1. The van der Waals surface area contributed by atoms with Crippen molar-refractivity contribution in [2.75, 3.05) is 0 Å². The zero-order valence-corrected chi connectivity index (χ0v) is 24.0. The number of carbonyl (C=O) groups excluding carboxylic acids is 2. The van der Waals surface area contributed by atoms with E-state index >= 15 is 8.78 Å². The molecule has 0 saturated heterocycles. The van der Waals surface area contributed by atoms with Crippen LogP contribution in [-0.2, 0) is 19.1 Å². The van der Waals surface area contributed by atoms with E-state index in [1.807, 2.05) is 0 Å². The van der Waals surface area contributed by atoms with Crippen molar-refractivity contribution in [2.24, 2.45) is 40.4 Å². The van der Waals surface area contributed by atoms with Gasteiger partial charge in [-0.1, -0.05) is 33.8 Å². The summed E-state index contributed by atoms with van der Waals surface area (Å²) in [5.41, 5.74) is -7.39. The summed E-state index contributed by atoms with van der Waals surface area (Å²) < 4.78 is 44.5. The second kappa shape index (κ2) is 9.63. The van der Waals surface area contributed by atoms with Gasteiger partial charge in [0.1, 0.15) is 12.3 Å². The van der Waals surface area contributed by atoms with Crippen LogP contribution in [0.4, 0.5) is 13.6 Å². The molecule has 222 valence electrons. The number of ketones is 1. The molecule has 5 rings (SSSR count). The lowest BCUT2D eigenvalue weighted by Gasteiger charge is -2.62. The molecule has 0 aromatic carbocycles. The Kier molecular flexibility index (Phi) is 7.03. The van der Waals surface area contributed by atoms with Gasteiger partial charge in [0.15, 0.2) is 11.5 Å². The summed E-state index contributed by atoms with van der Waals surface area (Å²) in [6.07, 6.45) is 1.60. The monoisotopic (exact) mass is 564 g/mol. The van der Waals surface area contributed by atoms with Crippen molar-refractivity contribution in [3.8, 4) is 0 Å². The first-order chi connectivity index (χ1) is 18.6. The van der Waals surface area contributed by atoms with Crippen molar-refractivity contribution in [3.05, 3.63) is 23.8 Å². The van der Waals surface area contributed by atoms with Gasteiger partial charge in [-0.05, 0) is 87.3 Å². The summed E-state index contributed by atoms with van der Waals surface area (Å²) in [5, 5.41) is 22.1. The average molecular weight is 565 g/mol. The molecule has 0 heterocycles. The lowest BCUT2D eigenvalue weighted by molar-refractivity contribution is -0.232. The number of hydrogen-bond donors (Lipinski definition) is 2. The molecule has 0 bridgehead atoms. The highest BCUT2D eigenvalue weighted by Crippen LogP contribution is 2.71. The number of halogens is 2. The Morgan fingerprint density at radius 1 is 1.10 bits per heavy atom. The van der Waals surface area contributed by atoms with Gasteiger partial charge in [-0.15, -0.1) is 0 Å². The van der Waals surface area contributed by atoms with Crippen molar-refractivity contribution >= 4 is 17.9 Å². The molecular formula is C31H42F2O7. The van der Waals surface area contributed by atoms with Crippen LogP contribution in [0.5, 0.6) is 0 Å². The van der Waals surface area contributed by atoms with E-state index in [2.05, 4.69) is 13.8 Å². The fraction of sp³-hybridized carbons (Fsp3) is 0.774. The Morgan fingerprint density at radius 2 is 1.75 bits per heavy atom. The summed E-state index contributed by atoms with van der Waals surface area (Å²) in [4.78, 5) is 38.2. The van der Waals surface area contributed by atoms with Crippen LogP contribution in [0.3, 0.4) is 0 Å². The number of rotatable bonds is 4. The van der Waals surface area contributed by atoms with Gasteiger partial charge in [0.05, 0.1) is 6.10 Å². The van der Waals surface area contributed by atoms with Crippen LogP contribution in [0.25, 0.3) is 0 Å². The van der Waals surface area contributed by atoms with Gasteiger partial charge in [0, 0.05) is 22.7 Å². The number of allylic oxidation sites excluding steroid dienone is 4. The maximum atomic E-state index is 17.4. The predicted molar refractivity (Wildman–Crippen MR) is 142 cm³/mol. The third kappa shape index (κ3) is 3.85. The van der Waals surface area contributed by atoms with Gasteiger partial charge >= 0.3 is 12.1 Å². The van der Waals surface area contributed by atoms with Gasteiger partial charge < -0.3 is 19.7 Å². The first kappa shape index (κ1) is 29.2. The summed E-state index contributed by atoms with van der Waals surface area (Å²) in [7, 11) is 0. The van der Waals surface area contributed by atoms with E-state index in [0.29, 0.717) is 24.7 Å². The number of carbonyl (C=O) groups is 3. The summed E-state index contributed by atoms with van der Waals surface area (Å²) >= 11 is 0. The molecule has 4 fully saturated rings. The highest BCUT2D eigenvalue weighted by Gasteiger charge is 2.78. The molecule has 9 atom stereocenters. The lowest BCUT2D eigenvalue weighted by Crippen LogP contribution is -2.71. The van der Waals surface area contributed by atoms with Crippen LogP contribution in [0.1, 0.15) is 79.6 Å². The lowest BCUT2D eigenvalue weighted by atomic mass is 9.44. The predicted octanol–water partition coefficient (Wildman–Crippen LogP) is 5.74. The van der Waals surface area contributed by atoms with Crippen LogP contribution in [-0.4, -0.2) is 57.8 Å². The van der Waals surface area contributed by atoms with Gasteiger partial charge in [-0.2, -0.15) is 0 Å². The van der Waals surface area contributed by atoms with E-state index in [0.717, 1.165) is 18.9 Å². The molecule has 0 aromatic heterocycles. The van der Waals surface area contributed by atoms with Gasteiger partial charge in [0.25, 0.3) is 0 Å². The number of ether oxygens (including phenoxy) is 2. The normalized spacial score (nSPS) is 48.1. The van der Waals surface area contributed by atoms with E-state index in [9.17, 15) is 24.6 Å². The highest BCUT2D eigenvalue weighted by molar-refractivity contribution is 6.01. The summed E-state index contributed by atoms with van der Waals surface area (Å²) in [6, 6.07) is 0. The first-order valence-corrected chi connectivity index (χ1v) is 14.7. The molecular weight excluding hydrogens is 522 g/mol. The quantitative estimate of drug-likeness (QED) is 0.419. The summed E-state index contributed by atoms with van der Waals surface area (Å²) in [5.74, 6) is -3.26. The first-order valence-electron chi connectivity index (χ1n) is 14.7. The van der Waals surface area contributed by atoms with E-state index < -0.39 is 70.0 Å². The number of fused-ring (bicyclic) bond motifs is 5. The molecule has 0 radical (unpaired) electrons. The molecule has 5 aliphatic rings. The van der Waals surface area contributed by atoms with Crippen molar-refractivity contribution < 1.29 is 42.9 Å². The largest absolute Gasteiger partial charge is 0.509 e. The van der Waals surface area contributed by atoms with E-state index in [1.54, 1.807) is 13.8 Å². The van der Waals surface area contributed by atoms with E-state index in [-0.39, 0.29) is 30.9 Å². The number of aliphatic hydroxyl groups is 1. The van der Waals surface area contributed by atoms with Crippen LogP contribution in [0.15, 0.2) is 23.8 Å². The Hall–Kier alpha value is -2.29. The Morgan fingerprint density at radius 3 is 2.35 bits per heavy atom. The molecule has 0 unspecified atom stereocenters. The Bertz CT molecular complexity index is 1140. The molecule has 0 amide bonds. The van der Waals surface area contributed by atoms with Crippen molar-refractivity contribution in [1.29, 1.82) is 0 Å². The maximum Gasteiger partial charge on any atom is 0.509 e. The standard InChI is InChI=1S/C31H42F2O7/c1-16(2)18-6-8-20(9-7-18)39-27(38)40-31(26(36)37)17(3)12-21-22-14-24(32)23-13-19(34)10-11-28(23,4)30(22,33)25(35)15-29(21,31)5/h10-11,13,16-18,20-22,24-25,35H,6-9,12,14-15H2,1-5H3,(H,36,37)/t17-,18?,20?,21+,22+,24+,25+,28+,29+,30+,31+/m1/s1. The zero-order valence-electron chi connectivity index (χ0n) is 24.0. The van der Waals surface area contributed by atoms with Gasteiger partial charge in [-0.25, -0.2) is 18.4 Å². The zero-order chi connectivity index (χ0) is 29.4. The van der Waals surface area contributed by atoms with E-state index in [1.165, 1.54) is 19.1 Å². The molecule has 7 nitrogen and oxygen atoms in total. The van der Waals surface area contributed by atoms with Crippen LogP contribution in [0.2, 0.25) is 0 Å². The van der Waals surface area contributed by atoms with Crippen LogP contribution in [0, 0.1) is 40.4 Å². The molecule has 0 aliphatic heterocycles. The Labute approximate surface area is 234 Å². The number of aliphatic hydroxyl groups excluding tert-OH is 1. The maximum absolute atomic E-state index is 17.4. The SMILES string of the molecule is CC(C)C1CCC(OC(=O)O[C@]2(C(=O)O)[C@H](C)C[C@H]3[C@@H]4C[C@H](F)C5=CC(=O)C=C[C@]5(C)[C@@]4(F)[C@@H](O)C[C@@]32C)CC1. The number of carboxylic acid groups (broad SMARTS) is 1. The molecule has 5 aliphatic carbocycles. The van der Waals surface area contributed by atoms with Crippen LogP contribution < -0.4 is 0 Å². The minimum Gasteiger partial charge on any atom is -0.478 e. The average Bonchev–Trinajstić information content (AvgIpc) is 3.09. The van der Waals surface area contributed by atoms with Gasteiger partial charge in [0.2, 0.25) is 5.60 Å². The second-order valence-electron chi connectivity index (χ2n) is 13.8. The molecule has 0 aromatic rings. The second-order valence-corrected chi connectivity index (χ2v) is 13.8. The van der Waals surface area contributed by atoms with Crippen LogP contribution >= 0.6 is 0 Å². The topological polar surface area (TPSA) is 110 Å². The third-order valence-corrected chi connectivity index (χ3v) is 11.7. The Balaban J connectivity index is 1.45. The third-order valence-electron chi connectivity index (χ3n) is 11.7. The molecule has 2 N–H and O–H groups in total. The van der Waals surface area contributed by atoms with Gasteiger partial charge in [-0.3, -0.25) is 4.79 Å². The fourth-order valence-electron chi connectivity index (χ4n) is 9.41. The highest BCUT2D eigenvalue weighted by atomic mass is 19.1. The molecule has 4 saturated carbocycles. The van der Waals surface area contributed by atoms with Crippen molar-refractivity contribution in [3.63, 3.8) is 0 Å².